The summed E-state index contributed by atoms with van der Waals surface area (Å²) in [7, 11) is -3.16. The van der Waals surface area contributed by atoms with E-state index in [0.29, 0.717) is 4.90 Å². The SMILES string of the molecule is CC(CN(C(=O)c1cc(C(F)(F)F)nc(C(F)(F)F)c1)c1cnccc1-c1ccccc1F)[SH](=O)=O. The molecule has 36 heavy (non-hydrogen) atoms. The van der Waals surface area contributed by atoms with Crippen LogP contribution in [0, 0.1) is 5.82 Å². The number of hydrogen-bond donors (Lipinski definition) is 1. The van der Waals surface area contributed by atoms with Crippen LogP contribution >= 0.6 is 0 Å². The van der Waals surface area contributed by atoms with E-state index >= 15 is 0 Å². The van der Waals surface area contributed by atoms with Crippen LogP contribution in [0.3, 0.4) is 0 Å². The van der Waals surface area contributed by atoms with Gasteiger partial charge in [0.1, 0.15) is 27.9 Å². The Hall–Kier alpha value is -3.55. The molecule has 1 unspecified atom stereocenters. The molecule has 192 valence electrons. The zero-order chi connectivity index (χ0) is 26.8. The number of carbonyl (C=O) groups is 1. The number of benzene rings is 1. The number of rotatable bonds is 6. The van der Waals surface area contributed by atoms with Crippen LogP contribution in [-0.2, 0) is 23.1 Å². The molecule has 1 amide bonds. The smallest absolute Gasteiger partial charge is 0.305 e. The average molecular weight is 535 g/mol. The molecule has 0 N–H and O–H groups in total. The number of hydrogen-bond acceptors (Lipinski definition) is 5. The maximum absolute atomic E-state index is 14.5. The van der Waals surface area contributed by atoms with E-state index in [1.54, 1.807) is 0 Å². The van der Waals surface area contributed by atoms with E-state index in [1.807, 2.05) is 0 Å². The summed E-state index contributed by atoms with van der Waals surface area (Å²) in [5, 5.41) is -1.27. The Morgan fingerprint density at radius 2 is 1.56 bits per heavy atom. The average Bonchev–Trinajstić information content (AvgIpc) is 2.81. The molecule has 0 aliphatic carbocycles. The van der Waals surface area contributed by atoms with Gasteiger partial charge in [-0.2, -0.15) is 26.3 Å². The number of carbonyl (C=O) groups excluding carboxylic acids is 1. The number of amides is 1. The summed E-state index contributed by atoms with van der Waals surface area (Å²) < 4.78 is 117. The van der Waals surface area contributed by atoms with Gasteiger partial charge in [0, 0.05) is 29.4 Å². The first-order valence-corrected chi connectivity index (χ1v) is 11.3. The first kappa shape index (κ1) is 27.0. The molecule has 0 aliphatic rings. The summed E-state index contributed by atoms with van der Waals surface area (Å²) in [6, 6.07) is 6.78. The fourth-order valence-electron chi connectivity index (χ4n) is 3.23. The van der Waals surface area contributed by atoms with Gasteiger partial charge < -0.3 is 4.90 Å². The Labute approximate surface area is 201 Å². The summed E-state index contributed by atoms with van der Waals surface area (Å²) in [5.41, 5.74) is -5.27. The van der Waals surface area contributed by atoms with Crippen LogP contribution in [0.5, 0.6) is 0 Å². The molecule has 0 saturated carbocycles. The van der Waals surface area contributed by atoms with Crippen LogP contribution in [-0.4, -0.2) is 36.1 Å². The summed E-state index contributed by atoms with van der Waals surface area (Å²) >= 11 is 0. The zero-order valence-electron chi connectivity index (χ0n) is 18.1. The molecule has 3 aromatic rings. The van der Waals surface area contributed by atoms with Crippen molar-refractivity contribution in [1.29, 1.82) is 0 Å². The standard InChI is InChI=1S/C22H16F7N3O3S/c1-12(36(34)35)11-32(17-10-30-7-6-15(17)14-4-2-3-5-16(14)23)20(33)13-8-18(21(24,25)26)31-19(9-13)22(27,28)29/h2-10,12,36H,11H2,1H3. The van der Waals surface area contributed by atoms with Gasteiger partial charge in [0.25, 0.3) is 5.91 Å². The van der Waals surface area contributed by atoms with Crippen LogP contribution in [0.2, 0.25) is 0 Å². The summed E-state index contributed by atoms with van der Waals surface area (Å²) in [6.45, 7) is 0.510. The van der Waals surface area contributed by atoms with Gasteiger partial charge in [-0.1, -0.05) is 18.2 Å². The van der Waals surface area contributed by atoms with Gasteiger partial charge in [0.2, 0.25) is 0 Å². The second kappa shape index (κ2) is 10.2. The number of nitrogens with zero attached hydrogens (tertiary/aromatic N) is 3. The van der Waals surface area contributed by atoms with Crippen molar-refractivity contribution >= 4 is 22.3 Å². The normalized spacial score (nSPS) is 13.0. The topological polar surface area (TPSA) is 80.2 Å². The van der Waals surface area contributed by atoms with Gasteiger partial charge in [0.05, 0.1) is 17.1 Å². The van der Waals surface area contributed by atoms with E-state index in [-0.39, 0.29) is 28.9 Å². The quantitative estimate of drug-likeness (QED) is 0.356. The molecule has 3 rings (SSSR count). The van der Waals surface area contributed by atoms with E-state index < -0.39 is 63.5 Å². The molecule has 2 aromatic heterocycles. The van der Waals surface area contributed by atoms with Gasteiger partial charge in [0.15, 0.2) is 0 Å². The predicted molar refractivity (Wildman–Crippen MR) is 115 cm³/mol. The lowest BCUT2D eigenvalue weighted by Crippen LogP contribution is -2.38. The van der Waals surface area contributed by atoms with Crippen LogP contribution in [0.25, 0.3) is 11.1 Å². The summed E-state index contributed by atoms with van der Waals surface area (Å²) in [4.78, 5) is 20.4. The molecule has 0 radical (unpaired) electrons. The molecule has 0 fully saturated rings. The van der Waals surface area contributed by atoms with Crippen molar-refractivity contribution in [2.75, 3.05) is 11.4 Å². The Balaban J connectivity index is 2.25. The van der Waals surface area contributed by atoms with Crippen molar-refractivity contribution in [3.63, 3.8) is 0 Å². The molecule has 1 atom stereocenters. The van der Waals surface area contributed by atoms with Crippen LogP contribution in [0.1, 0.15) is 28.7 Å². The van der Waals surface area contributed by atoms with Crippen LogP contribution < -0.4 is 4.90 Å². The van der Waals surface area contributed by atoms with Gasteiger partial charge in [-0.15, -0.1) is 0 Å². The van der Waals surface area contributed by atoms with Crippen LogP contribution in [0.15, 0.2) is 54.9 Å². The van der Waals surface area contributed by atoms with E-state index in [4.69, 9.17) is 0 Å². The highest BCUT2D eigenvalue weighted by Gasteiger charge is 2.40. The third-order valence-electron chi connectivity index (χ3n) is 4.96. The molecular formula is C22H16F7N3O3S. The number of aromatic nitrogens is 2. The number of alkyl halides is 6. The Morgan fingerprint density at radius 1 is 0.972 bits per heavy atom. The number of anilines is 1. The molecule has 0 spiro atoms. The second-order valence-electron chi connectivity index (χ2n) is 7.54. The highest BCUT2D eigenvalue weighted by Crippen LogP contribution is 2.36. The third-order valence-corrected chi connectivity index (χ3v) is 5.84. The highest BCUT2D eigenvalue weighted by atomic mass is 32.2. The first-order chi connectivity index (χ1) is 16.7. The van der Waals surface area contributed by atoms with Crippen molar-refractivity contribution in [2.24, 2.45) is 0 Å². The molecule has 2 heterocycles. The van der Waals surface area contributed by atoms with E-state index in [9.17, 15) is 43.9 Å². The minimum atomic E-state index is -5.32. The molecule has 14 heteroatoms. The lowest BCUT2D eigenvalue weighted by molar-refractivity contribution is -0.150. The minimum Gasteiger partial charge on any atom is -0.305 e. The maximum atomic E-state index is 14.5. The fourth-order valence-corrected chi connectivity index (χ4v) is 3.53. The molecule has 0 bridgehead atoms. The highest BCUT2D eigenvalue weighted by molar-refractivity contribution is 7.73. The molecule has 0 aliphatic heterocycles. The second-order valence-corrected chi connectivity index (χ2v) is 9.00. The van der Waals surface area contributed by atoms with Crippen molar-refractivity contribution in [1.82, 2.24) is 9.97 Å². The van der Waals surface area contributed by atoms with E-state index in [1.165, 1.54) is 37.4 Å². The molecular weight excluding hydrogens is 519 g/mol. The van der Waals surface area contributed by atoms with E-state index in [0.717, 1.165) is 12.3 Å². The minimum absolute atomic E-state index is 0.00548. The summed E-state index contributed by atoms with van der Waals surface area (Å²) in [5.74, 6) is -2.15. The van der Waals surface area contributed by atoms with Crippen molar-refractivity contribution in [3.8, 4) is 11.1 Å². The van der Waals surface area contributed by atoms with Gasteiger partial charge in [-0.25, -0.2) is 17.8 Å². The molecule has 0 saturated heterocycles. The van der Waals surface area contributed by atoms with Crippen LogP contribution in [0.4, 0.5) is 36.4 Å². The third kappa shape index (κ3) is 5.98. The predicted octanol–water partition coefficient (Wildman–Crippen LogP) is 4.97. The lowest BCUT2D eigenvalue weighted by atomic mass is 10.0. The Bertz CT molecular complexity index is 1320. The number of thiol groups is 1. The lowest BCUT2D eigenvalue weighted by Gasteiger charge is -2.27. The monoisotopic (exact) mass is 535 g/mol. The van der Waals surface area contributed by atoms with Gasteiger partial charge in [-0.3, -0.25) is 9.78 Å². The van der Waals surface area contributed by atoms with Gasteiger partial charge >= 0.3 is 12.4 Å². The van der Waals surface area contributed by atoms with Crippen molar-refractivity contribution in [2.45, 2.75) is 24.5 Å². The largest absolute Gasteiger partial charge is 0.433 e. The first-order valence-electron chi connectivity index (χ1n) is 10.0. The Morgan fingerprint density at radius 3 is 2.08 bits per heavy atom. The number of halogens is 7. The maximum Gasteiger partial charge on any atom is 0.433 e. The van der Waals surface area contributed by atoms with Crippen molar-refractivity contribution in [3.05, 3.63) is 77.6 Å². The molecule has 6 nitrogen and oxygen atoms in total. The Kier molecular flexibility index (Phi) is 7.67. The van der Waals surface area contributed by atoms with Gasteiger partial charge in [-0.05, 0) is 31.2 Å². The zero-order valence-corrected chi connectivity index (χ0v) is 19.0. The van der Waals surface area contributed by atoms with E-state index in [2.05, 4.69) is 9.97 Å². The molecule has 1 aromatic carbocycles. The number of pyridine rings is 2. The van der Waals surface area contributed by atoms with Crippen molar-refractivity contribution < 1.29 is 43.9 Å². The fraction of sp³-hybridized carbons (Fsp3) is 0.227. The summed E-state index contributed by atoms with van der Waals surface area (Å²) in [6.07, 6.45) is -8.39.